The van der Waals surface area contributed by atoms with Gasteiger partial charge in [-0.3, -0.25) is 9.69 Å². The quantitative estimate of drug-likeness (QED) is 0.879. The summed E-state index contributed by atoms with van der Waals surface area (Å²) in [6.07, 6.45) is 0. The van der Waals surface area contributed by atoms with Gasteiger partial charge in [0.15, 0.2) is 0 Å². The lowest BCUT2D eigenvalue weighted by molar-refractivity contribution is -0.139. The van der Waals surface area contributed by atoms with Crippen LogP contribution in [-0.2, 0) is 11.3 Å². The summed E-state index contributed by atoms with van der Waals surface area (Å²) in [4.78, 5) is 16.9. The van der Waals surface area contributed by atoms with E-state index in [1.165, 1.54) is 0 Å². The molecule has 1 aromatic heterocycles. The van der Waals surface area contributed by atoms with Gasteiger partial charge in [0.05, 0.1) is 13.1 Å². The van der Waals surface area contributed by atoms with Gasteiger partial charge in [0, 0.05) is 11.6 Å². The predicted octanol–water partition coefficient (Wildman–Crippen LogP) is 2.34. The van der Waals surface area contributed by atoms with Crippen molar-refractivity contribution in [3.05, 3.63) is 35.7 Å². The van der Waals surface area contributed by atoms with Crippen LogP contribution in [0.5, 0.6) is 0 Å². The molecule has 1 N–H and O–H groups in total. The zero-order valence-corrected chi connectivity index (χ0v) is 12.4. The SMILES string of the molecule is Cc1ccc(-c2noc(CN(CC(=O)O)C(C)C)n2)cc1. The van der Waals surface area contributed by atoms with E-state index in [4.69, 9.17) is 9.63 Å². The number of carbonyl (C=O) groups is 1. The summed E-state index contributed by atoms with van der Waals surface area (Å²) in [5.41, 5.74) is 2.04. The monoisotopic (exact) mass is 289 g/mol. The standard InChI is InChI=1S/C15H19N3O3/c1-10(2)18(9-14(19)20)8-13-16-15(17-21-13)12-6-4-11(3)5-7-12/h4-7,10H,8-9H2,1-3H3,(H,19,20). The highest BCUT2D eigenvalue weighted by Gasteiger charge is 2.17. The van der Waals surface area contributed by atoms with Crippen LogP contribution in [0, 0.1) is 6.92 Å². The molecular weight excluding hydrogens is 270 g/mol. The van der Waals surface area contributed by atoms with Crippen LogP contribution in [-0.4, -0.2) is 38.7 Å². The summed E-state index contributed by atoms with van der Waals surface area (Å²) in [6, 6.07) is 7.91. The van der Waals surface area contributed by atoms with E-state index in [1.54, 1.807) is 4.90 Å². The third-order valence-corrected chi connectivity index (χ3v) is 3.18. The van der Waals surface area contributed by atoms with Crippen molar-refractivity contribution in [2.45, 2.75) is 33.4 Å². The Morgan fingerprint density at radius 1 is 1.33 bits per heavy atom. The fourth-order valence-electron chi connectivity index (χ4n) is 1.91. The molecule has 0 fully saturated rings. The summed E-state index contributed by atoms with van der Waals surface area (Å²) in [5.74, 6) is 0.0616. The second-order valence-corrected chi connectivity index (χ2v) is 5.27. The fourth-order valence-corrected chi connectivity index (χ4v) is 1.91. The van der Waals surface area contributed by atoms with Crippen LogP contribution in [0.4, 0.5) is 0 Å². The number of hydrogen-bond acceptors (Lipinski definition) is 5. The molecule has 1 aromatic carbocycles. The minimum absolute atomic E-state index is 0.0556. The Labute approximate surface area is 123 Å². The molecule has 6 nitrogen and oxygen atoms in total. The minimum atomic E-state index is -0.873. The lowest BCUT2D eigenvalue weighted by Gasteiger charge is -2.22. The van der Waals surface area contributed by atoms with E-state index in [0.717, 1.165) is 11.1 Å². The molecule has 0 radical (unpaired) electrons. The van der Waals surface area contributed by atoms with E-state index >= 15 is 0 Å². The molecule has 0 aliphatic carbocycles. The van der Waals surface area contributed by atoms with Crippen molar-refractivity contribution in [2.24, 2.45) is 0 Å². The summed E-state index contributed by atoms with van der Waals surface area (Å²) < 4.78 is 5.22. The number of aryl methyl sites for hydroxylation is 1. The summed E-state index contributed by atoms with van der Waals surface area (Å²) in [7, 11) is 0. The van der Waals surface area contributed by atoms with Crippen molar-refractivity contribution >= 4 is 5.97 Å². The Morgan fingerprint density at radius 3 is 2.57 bits per heavy atom. The van der Waals surface area contributed by atoms with Crippen molar-refractivity contribution in [3.63, 3.8) is 0 Å². The molecule has 6 heteroatoms. The highest BCUT2D eigenvalue weighted by Crippen LogP contribution is 2.17. The maximum absolute atomic E-state index is 10.9. The Morgan fingerprint density at radius 2 is 2.00 bits per heavy atom. The van der Waals surface area contributed by atoms with Crippen LogP contribution in [0.2, 0.25) is 0 Å². The van der Waals surface area contributed by atoms with Gasteiger partial charge < -0.3 is 9.63 Å². The van der Waals surface area contributed by atoms with Crippen LogP contribution in [0.25, 0.3) is 11.4 Å². The Kier molecular flexibility index (Phi) is 4.70. The van der Waals surface area contributed by atoms with E-state index in [9.17, 15) is 4.79 Å². The van der Waals surface area contributed by atoms with E-state index in [-0.39, 0.29) is 12.6 Å². The Balaban J connectivity index is 2.11. The van der Waals surface area contributed by atoms with Crippen molar-refractivity contribution in [3.8, 4) is 11.4 Å². The molecule has 0 aliphatic rings. The van der Waals surface area contributed by atoms with Crippen LogP contribution in [0.1, 0.15) is 25.3 Å². The molecule has 1 heterocycles. The predicted molar refractivity (Wildman–Crippen MR) is 77.7 cm³/mol. The van der Waals surface area contributed by atoms with E-state index in [0.29, 0.717) is 18.3 Å². The molecule has 0 spiro atoms. The number of hydrogen-bond donors (Lipinski definition) is 1. The van der Waals surface area contributed by atoms with Crippen LogP contribution >= 0.6 is 0 Å². The smallest absolute Gasteiger partial charge is 0.317 e. The number of aromatic nitrogens is 2. The second-order valence-electron chi connectivity index (χ2n) is 5.27. The summed E-state index contributed by atoms with van der Waals surface area (Å²) >= 11 is 0. The van der Waals surface area contributed by atoms with Gasteiger partial charge >= 0.3 is 5.97 Å². The third-order valence-electron chi connectivity index (χ3n) is 3.18. The van der Waals surface area contributed by atoms with Crippen LogP contribution in [0.15, 0.2) is 28.8 Å². The van der Waals surface area contributed by atoms with Crippen molar-refractivity contribution in [2.75, 3.05) is 6.54 Å². The van der Waals surface area contributed by atoms with Gasteiger partial charge in [0.1, 0.15) is 0 Å². The molecule has 112 valence electrons. The van der Waals surface area contributed by atoms with Crippen molar-refractivity contribution in [1.29, 1.82) is 0 Å². The van der Waals surface area contributed by atoms with E-state index in [1.807, 2.05) is 45.0 Å². The summed E-state index contributed by atoms with van der Waals surface area (Å²) in [5, 5.41) is 12.9. The second kappa shape index (κ2) is 6.49. The molecule has 0 aliphatic heterocycles. The van der Waals surface area contributed by atoms with Gasteiger partial charge in [-0.25, -0.2) is 0 Å². The number of rotatable bonds is 6. The number of aliphatic carboxylic acids is 1. The zero-order valence-electron chi connectivity index (χ0n) is 12.4. The van der Waals surface area contributed by atoms with Gasteiger partial charge in [-0.2, -0.15) is 4.98 Å². The molecule has 2 rings (SSSR count). The van der Waals surface area contributed by atoms with E-state index in [2.05, 4.69) is 10.1 Å². The topological polar surface area (TPSA) is 79.5 Å². The minimum Gasteiger partial charge on any atom is -0.480 e. The first-order valence-corrected chi connectivity index (χ1v) is 6.81. The lowest BCUT2D eigenvalue weighted by Crippen LogP contribution is -2.35. The maximum atomic E-state index is 10.9. The number of benzene rings is 1. The van der Waals surface area contributed by atoms with Gasteiger partial charge in [-0.15, -0.1) is 0 Å². The van der Waals surface area contributed by atoms with Crippen molar-refractivity contribution < 1.29 is 14.4 Å². The average molecular weight is 289 g/mol. The number of carboxylic acid groups (broad SMARTS) is 1. The average Bonchev–Trinajstić information content (AvgIpc) is 2.87. The summed E-state index contributed by atoms with van der Waals surface area (Å²) in [6.45, 7) is 6.14. The Hall–Kier alpha value is -2.21. The first-order chi connectivity index (χ1) is 9.95. The third kappa shape index (κ3) is 4.13. The molecule has 0 amide bonds. The molecule has 0 saturated heterocycles. The van der Waals surface area contributed by atoms with Gasteiger partial charge in [-0.1, -0.05) is 35.0 Å². The highest BCUT2D eigenvalue weighted by molar-refractivity contribution is 5.69. The first kappa shape index (κ1) is 15.2. The first-order valence-electron chi connectivity index (χ1n) is 6.81. The fraction of sp³-hybridized carbons (Fsp3) is 0.400. The van der Waals surface area contributed by atoms with E-state index < -0.39 is 5.97 Å². The zero-order chi connectivity index (χ0) is 15.4. The van der Waals surface area contributed by atoms with Gasteiger partial charge in [0.25, 0.3) is 0 Å². The molecular formula is C15H19N3O3. The Bertz CT molecular complexity index is 605. The molecule has 0 atom stereocenters. The van der Waals surface area contributed by atoms with Gasteiger partial charge in [-0.05, 0) is 20.8 Å². The largest absolute Gasteiger partial charge is 0.480 e. The maximum Gasteiger partial charge on any atom is 0.317 e. The number of nitrogens with zero attached hydrogens (tertiary/aromatic N) is 3. The molecule has 0 saturated carbocycles. The van der Waals surface area contributed by atoms with Crippen LogP contribution in [0.3, 0.4) is 0 Å². The van der Waals surface area contributed by atoms with Crippen LogP contribution < -0.4 is 0 Å². The normalized spacial score (nSPS) is 11.3. The van der Waals surface area contributed by atoms with Gasteiger partial charge in [0.2, 0.25) is 11.7 Å². The number of carboxylic acids is 1. The van der Waals surface area contributed by atoms with Crippen molar-refractivity contribution in [1.82, 2.24) is 15.0 Å². The molecule has 21 heavy (non-hydrogen) atoms. The molecule has 2 aromatic rings. The molecule has 0 unspecified atom stereocenters. The highest BCUT2D eigenvalue weighted by atomic mass is 16.5. The molecule has 0 bridgehead atoms. The lowest BCUT2D eigenvalue weighted by atomic mass is 10.1.